The molecule has 0 bridgehead atoms. The molecule has 3 rings (SSSR count). The maximum absolute atomic E-state index is 12.8. The molecule has 1 aliphatic rings. The van der Waals surface area contributed by atoms with Crippen molar-refractivity contribution in [1.82, 2.24) is 5.16 Å². The minimum Gasteiger partial charge on any atom is -0.460 e. The zero-order valence-corrected chi connectivity index (χ0v) is 22.7. The molecule has 0 radical (unpaired) electrons. The third-order valence-corrected chi connectivity index (χ3v) is 6.30. The summed E-state index contributed by atoms with van der Waals surface area (Å²) in [7, 11) is 0. The summed E-state index contributed by atoms with van der Waals surface area (Å²) < 4.78 is 17.5. The van der Waals surface area contributed by atoms with Crippen molar-refractivity contribution in [3.63, 3.8) is 0 Å². The van der Waals surface area contributed by atoms with Gasteiger partial charge >= 0.3 is 5.97 Å². The minimum absolute atomic E-state index is 0.0343. The van der Waals surface area contributed by atoms with Gasteiger partial charge in [-0.25, -0.2) is 0 Å². The fourth-order valence-corrected chi connectivity index (χ4v) is 4.54. The van der Waals surface area contributed by atoms with Crippen LogP contribution in [0.15, 0.2) is 28.8 Å². The second kappa shape index (κ2) is 12.7. The lowest BCUT2D eigenvalue weighted by molar-refractivity contribution is -0.155. The number of rotatable bonds is 14. The molecule has 5 nitrogen and oxygen atoms in total. The Hall–Kier alpha value is -2.14. The zero-order valence-electron chi connectivity index (χ0n) is 22.7. The van der Waals surface area contributed by atoms with Crippen molar-refractivity contribution in [2.45, 2.75) is 110 Å². The number of nitrogens with zero attached hydrogens (tertiary/aromatic N) is 1. The lowest BCUT2D eigenvalue weighted by atomic mass is 9.89. The number of ether oxygens (including phenoxy) is 2. The molecular weight excluding hydrogens is 438 g/mol. The first-order valence-electron chi connectivity index (χ1n) is 13.6. The van der Waals surface area contributed by atoms with Crippen molar-refractivity contribution in [3.8, 4) is 11.3 Å². The number of esters is 1. The molecular formula is C30H45NO4. The van der Waals surface area contributed by atoms with Crippen molar-refractivity contribution in [3.05, 3.63) is 41.1 Å². The maximum Gasteiger partial charge on any atom is 0.306 e. The lowest BCUT2D eigenvalue weighted by Gasteiger charge is -2.22. The van der Waals surface area contributed by atoms with E-state index in [9.17, 15) is 4.79 Å². The Morgan fingerprint density at radius 2 is 1.80 bits per heavy atom. The van der Waals surface area contributed by atoms with Crippen LogP contribution < -0.4 is 0 Å². The lowest BCUT2D eigenvalue weighted by Crippen LogP contribution is -2.25. The van der Waals surface area contributed by atoms with Crippen LogP contribution in [0.2, 0.25) is 0 Å². The molecule has 0 spiro atoms. The molecule has 1 unspecified atom stereocenters. The minimum atomic E-state index is -0.503. The molecule has 1 aromatic heterocycles. The van der Waals surface area contributed by atoms with Crippen LogP contribution in [0, 0.1) is 5.92 Å². The Labute approximate surface area is 212 Å². The average Bonchev–Trinajstić information content (AvgIpc) is 3.52. The van der Waals surface area contributed by atoms with E-state index in [4.69, 9.17) is 14.0 Å². The number of unbranched alkanes of at least 4 members (excludes halogenated alkanes) is 1. The molecule has 0 aliphatic heterocycles. The topological polar surface area (TPSA) is 61.6 Å². The molecule has 194 valence electrons. The molecule has 0 saturated heterocycles. The van der Waals surface area contributed by atoms with Gasteiger partial charge in [-0.2, -0.15) is 0 Å². The predicted octanol–water partition coefficient (Wildman–Crippen LogP) is 7.83. The van der Waals surface area contributed by atoms with Gasteiger partial charge in [-0.1, -0.05) is 56.6 Å². The van der Waals surface area contributed by atoms with Crippen LogP contribution in [-0.4, -0.2) is 29.9 Å². The van der Waals surface area contributed by atoms with Crippen molar-refractivity contribution in [1.29, 1.82) is 0 Å². The summed E-state index contributed by atoms with van der Waals surface area (Å²) in [4.78, 5) is 12.8. The van der Waals surface area contributed by atoms with Gasteiger partial charge in [0.05, 0.1) is 12.1 Å². The molecule has 2 aromatic rings. The highest BCUT2D eigenvalue weighted by molar-refractivity contribution is 5.72. The summed E-state index contributed by atoms with van der Waals surface area (Å²) in [5, 5.41) is 4.58. The number of aromatic nitrogens is 1. The Kier molecular flexibility index (Phi) is 9.97. The quantitative estimate of drug-likeness (QED) is 0.202. The molecule has 0 amide bonds. The fourth-order valence-electron chi connectivity index (χ4n) is 4.54. The first-order valence-corrected chi connectivity index (χ1v) is 13.6. The molecule has 1 atom stereocenters. The van der Waals surface area contributed by atoms with E-state index in [0.717, 1.165) is 68.6 Å². The van der Waals surface area contributed by atoms with Crippen LogP contribution in [0.25, 0.3) is 11.3 Å². The van der Waals surface area contributed by atoms with Crippen molar-refractivity contribution in [2.75, 3.05) is 13.2 Å². The second-order valence-electron chi connectivity index (χ2n) is 11.5. The summed E-state index contributed by atoms with van der Waals surface area (Å²) >= 11 is 0. The van der Waals surface area contributed by atoms with E-state index >= 15 is 0 Å². The summed E-state index contributed by atoms with van der Waals surface area (Å²) in [5.74, 6) is 1.74. The number of carbonyl (C=O) groups excluding carboxylic acids is 1. The molecule has 5 heteroatoms. The van der Waals surface area contributed by atoms with E-state index in [2.05, 4.69) is 50.2 Å². The van der Waals surface area contributed by atoms with E-state index in [1.165, 1.54) is 11.1 Å². The van der Waals surface area contributed by atoms with Gasteiger partial charge in [-0.05, 0) is 76.7 Å². The molecule has 35 heavy (non-hydrogen) atoms. The van der Waals surface area contributed by atoms with Gasteiger partial charge < -0.3 is 14.0 Å². The number of carbonyl (C=O) groups is 1. The van der Waals surface area contributed by atoms with Crippen molar-refractivity contribution in [2.24, 2.45) is 5.92 Å². The second-order valence-corrected chi connectivity index (χ2v) is 11.5. The molecule has 1 fully saturated rings. The summed E-state index contributed by atoms with van der Waals surface area (Å²) in [6.07, 6.45) is 7.58. The van der Waals surface area contributed by atoms with Crippen LogP contribution >= 0.6 is 0 Å². The van der Waals surface area contributed by atoms with E-state index in [1.807, 2.05) is 20.8 Å². The molecule has 0 N–H and O–H groups in total. The van der Waals surface area contributed by atoms with Gasteiger partial charge in [0, 0.05) is 30.3 Å². The van der Waals surface area contributed by atoms with Gasteiger partial charge in [-0.15, -0.1) is 0 Å². The SMILES string of the molecule is CCCCOCCCC(CC(=O)OC(C)(C)C)c1noc(-c2ccc(CC(C)C)cc2)c1C1CC1. The van der Waals surface area contributed by atoms with Crippen LogP contribution in [0.1, 0.15) is 115 Å². The van der Waals surface area contributed by atoms with Crippen molar-refractivity contribution >= 4 is 5.97 Å². The molecule has 1 aromatic carbocycles. The molecule has 1 aliphatic carbocycles. The number of benzene rings is 1. The summed E-state index contributed by atoms with van der Waals surface area (Å²) in [6, 6.07) is 8.69. The highest BCUT2D eigenvalue weighted by Gasteiger charge is 2.36. The van der Waals surface area contributed by atoms with Crippen LogP contribution in [0.5, 0.6) is 0 Å². The molecule has 1 heterocycles. The number of hydrogen-bond donors (Lipinski definition) is 0. The summed E-state index contributed by atoms with van der Waals surface area (Å²) in [5.41, 5.74) is 4.03. The standard InChI is InChI=1S/C30H45NO4/c1-7-8-17-33-18-9-10-25(20-26(32)34-30(4,5)6)28-27(23-15-16-23)29(35-31-28)24-13-11-22(12-14-24)19-21(2)3/h11-14,21,23,25H,7-10,15-20H2,1-6H3. The normalized spacial score (nSPS) is 14.9. The van der Waals surface area contributed by atoms with Crippen LogP contribution in [0.3, 0.4) is 0 Å². The predicted molar refractivity (Wildman–Crippen MR) is 141 cm³/mol. The first-order chi connectivity index (χ1) is 16.7. The van der Waals surface area contributed by atoms with E-state index in [0.29, 0.717) is 24.9 Å². The van der Waals surface area contributed by atoms with E-state index in [-0.39, 0.29) is 11.9 Å². The largest absolute Gasteiger partial charge is 0.460 e. The fraction of sp³-hybridized carbons (Fsp3) is 0.667. The van der Waals surface area contributed by atoms with Gasteiger partial charge in [-0.3, -0.25) is 4.79 Å². The zero-order chi connectivity index (χ0) is 25.4. The van der Waals surface area contributed by atoms with Crippen molar-refractivity contribution < 1.29 is 18.8 Å². The monoisotopic (exact) mass is 483 g/mol. The Bertz CT molecular complexity index is 919. The average molecular weight is 484 g/mol. The van der Waals surface area contributed by atoms with Gasteiger partial charge in [0.1, 0.15) is 5.60 Å². The molecule has 1 saturated carbocycles. The van der Waals surface area contributed by atoms with E-state index < -0.39 is 5.60 Å². The van der Waals surface area contributed by atoms with Gasteiger partial charge in [0.15, 0.2) is 5.76 Å². The van der Waals surface area contributed by atoms with Gasteiger partial charge in [0.25, 0.3) is 0 Å². The van der Waals surface area contributed by atoms with E-state index in [1.54, 1.807) is 0 Å². The third kappa shape index (κ3) is 8.79. The third-order valence-electron chi connectivity index (χ3n) is 6.30. The first kappa shape index (κ1) is 27.4. The maximum atomic E-state index is 12.8. The Morgan fingerprint density at radius 3 is 2.40 bits per heavy atom. The Balaban J connectivity index is 1.81. The highest BCUT2D eigenvalue weighted by Crippen LogP contribution is 2.48. The van der Waals surface area contributed by atoms with Crippen LogP contribution in [-0.2, 0) is 20.7 Å². The van der Waals surface area contributed by atoms with Crippen LogP contribution in [0.4, 0.5) is 0 Å². The van der Waals surface area contributed by atoms with Gasteiger partial charge in [0.2, 0.25) is 0 Å². The Morgan fingerprint density at radius 1 is 1.11 bits per heavy atom. The smallest absolute Gasteiger partial charge is 0.306 e. The highest BCUT2D eigenvalue weighted by atomic mass is 16.6. The summed E-state index contributed by atoms with van der Waals surface area (Å²) in [6.45, 7) is 13.9. The number of hydrogen-bond acceptors (Lipinski definition) is 5.